The first kappa shape index (κ1) is 14.1. The second-order valence-corrected chi connectivity index (χ2v) is 6.78. The van der Waals surface area contributed by atoms with E-state index >= 15 is 0 Å². The van der Waals surface area contributed by atoms with E-state index in [-0.39, 0.29) is 6.04 Å². The number of hydrogen-bond donors (Lipinski definition) is 2. The quantitative estimate of drug-likeness (QED) is 0.834. The van der Waals surface area contributed by atoms with Gasteiger partial charge in [-0.25, -0.2) is 0 Å². The Morgan fingerprint density at radius 2 is 2.11 bits per heavy atom. The summed E-state index contributed by atoms with van der Waals surface area (Å²) in [5, 5.41) is 0. The van der Waals surface area contributed by atoms with Gasteiger partial charge in [-0.15, -0.1) is 0 Å². The van der Waals surface area contributed by atoms with Crippen molar-refractivity contribution in [1.29, 1.82) is 0 Å². The molecule has 1 aromatic rings. The highest BCUT2D eigenvalue weighted by molar-refractivity contribution is 7.90. The predicted molar refractivity (Wildman–Crippen MR) is 78.2 cm³/mol. The molecule has 0 spiro atoms. The zero-order chi connectivity index (χ0) is 14.0. The molecule has 1 heterocycles. The van der Waals surface area contributed by atoms with Gasteiger partial charge in [0.15, 0.2) is 0 Å². The fourth-order valence-corrected chi connectivity index (χ4v) is 3.91. The van der Waals surface area contributed by atoms with Gasteiger partial charge in [0.2, 0.25) is 0 Å². The van der Waals surface area contributed by atoms with Gasteiger partial charge in [0.25, 0.3) is 0 Å². The Morgan fingerprint density at radius 1 is 1.37 bits per heavy atom. The smallest absolute Gasteiger partial charge is 0.301 e. The molecular weight excluding hydrogens is 262 g/mol. The molecule has 1 aliphatic rings. The third-order valence-corrected chi connectivity index (χ3v) is 5.14. The van der Waals surface area contributed by atoms with Crippen LogP contribution in [0.5, 0.6) is 0 Å². The maximum atomic E-state index is 12.4. The lowest BCUT2D eigenvalue weighted by molar-refractivity contribution is 0.270. The fraction of sp³-hybridized carbons (Fsp3) is 0.538. The van der Waals surface area contributed by atoms with E-state index in [2.05, 4.69) is 4.72 Å². The van der Waals surface area contributed by atoms with Crippen LogP contribution in [0.1, 0.15) is 31.7 Å². The molecule has 0 radical (unpaired) electrons. The Labute approximate surface area is 115 Å². The zero-order valence-electron chi connectivity index (χ0n) is 11.4. The molecule has 5 nitrogen and oxygen atoms in total. The molecule has 1 saturated heterocycles. The van der Waals surface area contributed by atoms with Crippen LogP contribution in [0.15, 0.2) is 18.2 Å². The number of rotatable bonds is 3. The minimum Gasteiger partial charge on any atom is -0.397 e. The third kappa shape index (κ3) is 3.19. The van der Waals surface area contributed by atoms with Gasteiger partial charge in [0.05, 0.1) is 11.4 Å². The normalized spacial score (nSPS) is 21.3. The van der Waals surface area contributed by atoms with Crippen LogP contribution in [0.25, 0.3) is 0 Å². The van der Waals surface area contributed by atoms with Gasteiger partial charge < -0.3 is 5.73 Å². The third-order valence-electron chi connectivity index (χ3n) is 3.50. The topological polar surface area (TPSA) is 75.4 Å². The molecule has 0 saturated carbocycles. The lowest BCUT2D eigenvalue weighted by atomic mass is 10.1. The summed E-state index contributed by atoms with van der Waals surface area (Å²) in [6.45, 7) is 4.42. The largest absolute Gasteiger partial charge is 0.397 e. The van der Waals surface area contributed by atoms with E-state index in [0.29, 0.717) is 17.9 Å². The molecule has 0 aliphatic carbocycles. The van der Waals surface area contributed by atoms with Crippen LogP contribution >= 0.6 is 0 Å². The molecule has 1 fully saturated rings. The summed E-state index contributed by atoms with van der Waals surface area (Å²) >= 11 is 0. The van der Waals surface area contributed by atoms with E-state index in [9.17, 15) is 8.42 Å². The first-order chi connectivity index (χ1) is 8.90. The monoisotopic (exact) mass is 283 g/mol. The average molecular weight is 283 g/mol. The van der Waals surface area contributed by atoms with Crippen molar-refractivity contribution in [2.75, 3.05) is 17.0 Å². The number of nitrogens with two attached hydrogens (primary N) is 1. The SMILES string of the molecule is Cc1ccc(N)c(NS(=O)(=O)N2CCCCC2C)c1. The van der Waals surface area contributed by atoms with Crippen LogP contribution in [-0.2, 0) is 10.2 Å². The summed E-state index contributed by atoms with van der Waals surface area (Å²) in [6, 6.07) is 5.36. The standard InChI is InChI=1S/C13H21N3O2S/c1-10-6-7-12(14)13(9-10)15-19(17,18)16-8-4-3-5-11(16)2/h6-7,9,11,15H,3-5,8,14H2,1-2H3. The maximum Gasteiger partial charge on any atom is 0.301 e. The van der Waals surface area contributed by atoms with Crippen LogP contribution in [0, 0.1) is 6.92 Å². The molecule has 3 N–H and O–H groups in total. The zero-order valence-corrected chi connectivity index (χ0v) is 12.2. The van der Waals surface area contributed by atoms with Crippen LogP contribution < -0.4 is 10.5 Å². The fourth-order valence-electron chi connectivity index (χ4n) is 2.38. The van der Waals surface area contributed by atoms with Crippen LogP contribution in [0.2, 0.25) is 0 Å². The predicted octanol–water partition coefficient (Wildman–Crippen LogP) is 2.11. The average Bonchev–Trinajstić information content (AvgIpc) is 2.34. The Bertz CT molecular complexity index is 557. The second-order valence-electron chi connectivity index (χ2n) is 5.15. The van der Waals surface area contributed by atoms with Gasteiger partial charge in [-0.05, 0) is 44.4 Å². The van der Waals surface area contributed by atoms with Gasteiger partial charge in [0.1, 0.15) is 0 Å². The molecule has 1 atom stereocenters. The van der Waals surface area contributed by atoms with Gasteiger partial charge in [-0.2, -0.15) is 12.7 Å². The van der Waals surface area contributed by atoms with E-state index < -0.39 is 10.2 Å². The Balaban J connectivity index is 2.23. The molecular formula is C13H21N3O2S. The highest BCUT2D eigenvalue weighted by Crippen LogP contribution is 2.25. The summed E-state index contributed by atoms with van der Waals surface area (Å²) in [6.07, 6.45) is 2.90. The lowest BCUT2D eigenvalue weighted by Gasteiger charge is -2.32. The molecule has 19 heavy (non-hydrogen) atoms. The molecule has 1 unspecified atom stereocenters. The molecule has 0 bridgehead atoms. The lowest BCUT2D eigenvalue weighted by Crippen LogP contribution is -2.44. The number of nitrogen functional groups attached to an aromatic ring is 1. The molecule has 1 aromatic carbocycles. The molecule has 2 rings (SSSR count). The van der Waals surface area contributed by atoms with Crippen molar-refractivity contribution in [3.05, 3.63) is 23.8 Å². The van der Waals surface area contributed by atoms with E-state index in [4.69, 9.17) is 5.73 Å². The highest BCUT2D eigenvalue weighted by Gasteiger charge is 2.29. The minimum absolute atomic E-state index is 0.0392. The number of anilines is 2. The van der Waals surface area contributed by atoms with Crippen molar-refractivity contribution < 1.29 is 8.42 Å². The van der Waals surface area contributed by atoms with E-state index in [1.165, 1.54) is 4.31 Å². The highest BCUT2D eigenvalue weighted by atomic mass is 32.2. The summed E-state index contributed by atoms with van der Waals surface area (Å²) in [5.41, 5.74) is 7.69. The summed E-state index contributed by atoms with van der Waals surface area (Å²) in [4.78, 5) is 0. The summed E-state index contributed by atoms with van der Waals surface area (Å²) in [7, 11) is -3.52. The number of benzene rings is 1. The summed E-state index contributed by atoms with van der Waals surface area (Å²) < 4.78 is 28.9. The molecule has 6 heteroatoms. The number of nitrogens with one attached hydrogen (secondary N) is 1. The Kier molecular flexibility index (Phi) is 4.01. The number of aryl methyl sites for hydroxylation is 1. The number of hydrogen-bond acceptors (Lipinski definition) is 3. The second kappa shape index (κ2) is 5.38. The van der Waals surface area contributed by atoms with Gasteiger partial charge in [-0.3, -0.25) is 4.72 Å². The van der Waals surface area contributed by atoms with Crippen molar-refractivity contribution in [2.24, 2.45) is 0 Å². The minimum atomic E-state index is -3.52. The van der Waals surface area contributed by atoms with Gasteiger partial charge in [-0.1, -0.05) is 12.5 Å². The maximum absolute atomic E-state index is 12.4. The van der Waals surface area contributed by atoms with E-state index in [1.807, 2.05) is 19.9 Å². The molecule has 0 aromatic heterocycles. The van der Waals surface area contributed by atoms with Crippen molar-refractivity contribution >= 4 is 21.6 Å². The first-order valence-electron chi connectivity index (χ1n) is 6.56. The molecule has 0 amide bonds. The summed E-state index contributed by atoms with van der Waals surface area (Å²) in [5.74, 6) is 0. The van der Waals surface area contributed by atoms with E-state index in [1.54, 1.807) is 12.1 Å². The van der Waals surface area contributed by atoms with Gasteiger partial charge in [0, 0.05) is 12.6 Å². The van der Waals surface area contributed by atoms with Gasteiger partial charge >= 0.3 is 10.2 Å². The molecule has 106 valence electrons. The van der Waals surface area contributed by atoms with E-state index in [0.717, 1.165) is 24.8 Å². The van der Waals surface area contributed by atoms with Crippen molar-refractivity contribution in [3.63, 3.8) is 0 Å². The number of piperidine rings is 1. The van der Waals surface area contributed by atoms with Crippen molar-refractivity contribution in [2.45, 2.75) is 39.2 Å². The Hall–Kier alpha value is -1.27. The van der Waals surface area contributed by atoms with Crippen LogP contribution in [0.3, 0.4) is 0 Å². The first-order valence-corrected chi connectivity index (χ1v) is 8.00. The molecule has 1 aliphatic heterocycles. The van der Waals surface area contributed by atoms with Crippen molar-refractivity contribution in [1.82, 2.24) is 4.31 Å². The number of nitrogens with zero attached hydrogens (tertiary/aromatic N) is 1. The van der Waals surface area contributed by atoms with Crippen LogP contribution in [0.4, 0.5) is 11.4 Å². The van der Waals surface area contributed by atoms with Crippen molar-refractivity contribution in [3.8, 4) is 0 Å². The Morgan fingerprint density at radius 3 is 2.79 bits per heavy atom. The van der Waals surface area contributed by atoms with Crippen LogP contribution in [-0.4, -0.2) is 25.3 Å².